The van der Waals surface area contributed by atoms with E-state index in [1.807, 2.05) is 42.5 Å². The van der Waals surface area contributed by atoms with Crippen LogP contribution in [-0.4, -0.2) is 69.1 Å². The van der Waals surface area contributed by atoms with Gasteiger partial charge in [-0.2, -0.15) is 0 Å². The predicted octanol–water partition coefficient (Wildman–Crippen LogP) is 2.92. The van der Waals surface area contributed by atoms with E-state index < -0.39 is 0 Å². The molecule has 5 rings (SSSR count). The van der Waals surface area contributed by atoms with Gasteiger partial charge in [-0.25, -0.2) is 0 Å². The van der Waals surface area contributed by atoms with E-state index in [1.54, 1.807) is 13.2 Å². The Morgan fingerprint density at radius 2 is 1.79 bits per heavy atom. The highest BCUT2D eigenvalue weighted by molar-refractivity contribution is 5.93. The highest BCUT2D eigenvalue weighted by atomic mass is 16.6. The van der Waals surface area contributed by atoms with Crippen molar-refractivity contribution >= 4 is 5.91 Å². The lowest BCUT2D eigenvalue weighted by Gasteiger charge is -2.34. The van der Waals surface area contributed by atoms with Crippen LogP contribution in [-0.2, 0) is 4.74 Å². The molecule has 2 aliphatic heterocycles. The van der Waals surface area contributed by atoms with E-state index in [-0.39, 0.29) is 17.6 Å². The van der Waals surface area contributed by atoms with Crippen molar-refractivity contribution in [3.8, 4) is 28.6 Å². The average molecular weight is 466 g/mol. The second-order valence-electron chi connectivity index (χ2n) is 8.08. The lowest BCUT2D eigenvalue weighted by Crippen LogP contribution is -2.43. The number of amides is 1. The average Bonchev–Trinajstić information content (AvgIpc) is 3.40. The van der Waals surface area contributed by atoms with E-state index in [2.05, 4.69) is 15.4 Å². The number of morpholine rings is 1. The molecule has 178 valence electrons. The molecule has 3 aromatic rings. The number of hydrogen-bond acceptors (Lipinski definition) is 8. The summed E-state index contributed by atoms with van der Waals surface area (Å²) in [6.45, 7) is 4.39. The lowest BCUT2D eigenvalue weighted by atomic mass is 10.0. The molecule has 2 aliphatic rings. The zero-order chi connectivity index (χ0) is 23.3. The molecule has 1 saturated heterocycles. The van der Waals surface area contributed by atoms with Crippen LogP contribution in [0.2, 0.25) is 0 Å². The first-order valence-electron chi connectivity index (χ1n) is 11.3. The monoisotopic (exact) mass is 465 g/mol. The molecule has 1 fully saturated rings. The van der Waals surface area contributed by atoms with Crippen LogP contribution in [0.1, 0.15) is 22.1 Å². The first-order chi connectivity index (χ1) is 16.7. The maximum absolute atomic E-state index is 12.9. The summed E-state index contributed by atoms with van der Waals surface area (Å²) in [4.78, 5) is 15.2. The van der Waals surface area contributed by atoms with Gasteiger partial charge in [-0.1, -0.05) is 17.3 Å². The van der Waals surface area contributed by atoms with Crippen LogP contribution in [0.5, 0.6) is 17.2 Å². The van der Waals surface area contributed by atoms with Crippen molar-refractivity contribution in [2.75, 3.05) is 53.2 Å². The van der Waals surface area contributed by atoms with Gasteiger partial charge in [0, 0.05) is 31.3 Å². The summed E-state index contributed by atoms with van der Waals surface area (Å²) in [6.07, 6.45) is 0. The molecule has 9 heteroatoms. The lowest BCUT2D eigenvalue weighted by molar-refractivity contribution is 0.0162. The van der Waals surface area contributed by atoms with Crippen LogP contribution in [0.3, 0.4) is 0 Å². The number of fused-ring (bicyclic) bond motifs is 1. The summed E-state index contributed by atoms with van der Waals surface area (Å²) in [5.74, 6) is 2.34. The number of carbonyl (C=O) groups is 1. The number of nitrogens with one attached hydrogen (secondary N) is 1. The molecule has 1 atom stereocenters. The molecule has 2 aromatic carbocycles. The number of methoxy groups -OCH3 is 1. The molecule has 34 heavy (non-hydrogen) atoms. The molecule has 0 spiro atoms. The molecule has 1 unspecified atom stereocenters. The van der Waals surface area contributed by atoms with E-state index in [4.69, 9.17) is 23.5 Å². The molecule has 0 aliphatic carbocycles. The summed E-state index contributed by atoms with van der Waals surface area (Å²) in [7, 11) is 1.64. The second kappa shape index (κ2) is 10.1. The first kappa shape index (κ1) is 22.2. The third kappa shape index (κ3) is 4.85. The molecular weight excluding hydrogens is 438 g/mol. The summed E-state index contributed by atoms with van der Waals surface area (Å²) >= 11 is 0. The number of ether oxygens (including phenoxy) is 4. The third-order valence-electron chi connectivity index (χ3n) is 6.01. The van der Waals surface area contributed by atoms with Gasteiger partial charge in [0.05, 0.1) is 26.4 Å². The quantitative estimate of drug-likeness (QED) is 0.569. The van der Waals surface area contributed by atoms with Crippen LogP contribution in [0.25, 0.3) is 11.3 Å². The number of benzene rings is 2. The molecule has 1 N–H and O–H groups in total. The topological polar surface area (TPSA) is 95.3 Å². The Kier molecular flexibility index (Phi) is 6.64. The Balaban J connectivity index is 1.28. The highest BCUT2D eigenvalue weighted by Crippen LogP contribution is 2.34. The van der Waals surface area contributed by atoms with Crippen LogP contribution in [0.15, 0.2) is 53.1 Å². The van der Waals surface area contributed by atoms with E-state index in [1.165, 1.54) is 0 Å². The molecule has 3 heterocycles. The summed E-state index contributed by atoms with van der Waals surface area (Å²) in [6, 6.07) is 15.1. The van der Waals surface area contributed by atoms with Gasteiger partial charge < -0.3 is 28.8 Å². The fourth-order valence-corrected chi connectivity index (χ4v) is 4.17. The SMILES string of the molecule is COc1ccc(C(CNC(=O)c2cc(-c3ccc4c(c3)OCCO4)on2)N2CCOCC2)cc1. The second-order valence-corrected chi connectivity index (χ2v) is 8.08. The van der Waals surface area contributed by atoms with Crippen LogP contribution in [0, 0.1) is 0 Å². The van der Waals surface area contributed by atoms with Gasteiger partial charge in [-0.15, -0.1) is 0 Å². The van der Waals surface area contributed by atoms with Crippen molar-refractivity contribution in [3.63, 3.8) is 0 Å². The number of hydrogen-bond donors (Lipinski definition) is 1. The molecule has 1 amide bonds. The van der Waals surface area contributed by atoms with Crippen molar-refractivity contribution in [1.29, 1.82) is 0 Å². The van der Waals surface area contributed by atoms with Crippen molar-refractivity contribution < 1.29 is 28.3 Å². The molecule has 0 saturated carbocycles. The van der Waals surface area contributed by atoms with Gasteiger partial charge in [-0.3, -0.25) is 9.69 Å². The van der Waals surface area contributed by atoms with Gasteiger partial charge in [-0.05, 0) is 35.9 Å². The van der Waals surface area contributed by atoms with Crippen molar-refractivity contribution in [2.45, 2.75) is 6.04 Å². The normalized spacial score (nSPS) is 16.6. The van der Waals surface area contributed by atoms with Gasteiger partial charge in [0.1, 0.15) is 19.0 Å². The van der Waals surface area contributed by atoms with Gasteiger partial charge in [0.15, 0.2) is 23.0 Å². The van der Waals surface area contributed by atoms with Crippen molar-refractivity contribution in [3.05, 3.63) is 59.8 Å². The van der Waals surface area contributed by atoms with Gasteiger partial charge >= 0.3 is 0 Å². The largest absolute Gasteiger partial charge is 0.497 e. The molecule has 9 nitrogen and oxygen atoms in total. The van der Waals surface area contributed by atoms with Crippen molar-refractivity contribution in [1.82, 2.24) is 15.4 Å². The number of rotatable bonds is 7. The van der Waals surface area contributed by atoms with E-state index in [0.717, 1.165) is 30.0 Å². The minimum absolute atomic E-state index is 0.00271. The summed E-state index contributed by atoms with van der Waals surface area (Å²) in [5, 5.41) is 7.00. The van der Waals surface area contributed by atoms with Crippen LogP contribution >= 0.6 is 0 Å². The minimum Gasteiger partial charge on any atom is -0.497 e. The summed E-state index contributed by atoms with van der Waals surface area (Å²) < 4.78 is 27.4. The van der Waals surface area contributed by atoms with Gasteiger partial charge in [0.2, 0.25) is 0 Å². The van der Waals surface area contributed by atoms with Crippen LogP contribution < -0.4 is 19.5 Å². The number of nitrogens with zero attached hydrogens (tertiary/aromatic N) is 2. The van der Waals surface area contributed by atoms with Crippen LogP contribution in [0.4, 0.5) is 0 Å². The van der Waals surface area contributed by atoms with E-state index in [9.17, 15) is 4.79 Å². The number of carbonyl (C=O) groups excluding carboxylic acids is 1. The van der Waals surface area contributed by atoms with Crippen molar-refractivity contribution in [2.24, 2.45) is 0 Å². The minimum atomic E-state index is -0.292. The Morgan fingerprint density at radius 1 is 1.03 bits per heavy atom. The van der Waals surface area contributed by atoms with E-state index in [0.29, 0.717) is 50.2 Å². The standard InChI is InChI=1S/C25H27N3O6/c1-30-19-5-2-17(3-6-19)21(28-8-10-31-11-9-28)16-26-25(29)20-15-23(34-27-20)18-4-7-22-24(14-18)33-13-12-32-22/h2-7,14-15,21H,8-13,16H2,1H3,(H,26,29). The summed E-state index contributed by atoms with van der Waals surface area (Å²) in [5.41, 5.74) is 2.08. The third-order valence-corrected chi connectivity index (χ3v) is 6.01. The van der Waals surface area contributed by atoms with Gasteiger partial charge in [0.25, 0.3) is 5.91 Å². The Hall–Kier alpha value is -3.56. The zero-order valence-corrected chi connectivity index (χ0v) is 19.0. The Morgan fingerprint density at radius 3 is 2.56 bits per heavy atom. The number of aromatic nitrogens is 1. The highest BCUT2D eigenvalue weighted by Gasteiger charge is 2.24. The smallest absolute Gasteiger partial charge is 0.273 e. The Labute approximate surface area is 197 Å². The molecular formula is C25H27N3O6. The first-order valence-corrected chi connectivity index (χ1v) is 11.3. The fourth-order valence-electron chi connectivity index (χ4n) is 4.17. The zero-order valence-electron chi connectivity index (χ0n) is 19.0. The maximum Gasteiger partial charge on any atom is 0.273 e. The predicted molar refractivity (Wildman–Crippen MR) is 123 cm³/mol. The molecule has 0 bridgehead atoms. The van der Waals surface area contributed by atoms with E-state index >= 15 is 0 Å². The Bertz CT molecular complexity index is 1120. The molecule has 1 aromatic heterocycles. The fraction of sp³-hybridized carbons (Fsp3) is 0.360. The maximum atomic E-state index is 12.9. The molecule has 0 radical (unpaired) electrons.